The third-order valence-electron chi connectivity index (χ3n) is 2.91. The van der Waals surface area contributed by atoms with Gasteiger partial charge in [-0.05, 0) is 6.92 Å². The largest absolute Gasteiger partial charge is 0.394 e. The first-order valence-electron chi connectivity index (χ1n) is 6.82. The monoisotopic (exact) mass is 334 g/mol. The highest BCUT2D eigenvalue weighted by molar-refractivity contribution is 7.98. The lowest BCUT2D eigenvalue weighted by atomic mass is 10.3. The Morgan fingerprint density at radius 2 is 2.35 bits per heavy atom. The summed E-state index contributed by atoms with van der Waals surface area (Å²) < 4.78 is 5.03. The molecule has 0 bridgehead atoms. The van der Waals surface area contributed by atoms with Gasteiger partial charge in [-0.3, -0.25) is 4.79 Å². The van der Waals surface area contributed by atoms with E-state index < -0.39 is 0 Å². The quantitative estimate of drug-likeness (QED) is 0.442. The summed E-state index contributed by atoms with van der Waals surface area (Å²) in [4.78, 5) is 26.9. The molecule has 0 amide bonds. The number of H-pyrrole nitrogens is 1. The van der Waals surface area contributed by atoms with Gasteiger partial charge in [0.25, 0.3) is 5.56 Å². The second-order valence-corrected chi connectivity index (χ2v) is 5.74. The van der Waals surface area contributed by atoms with Crippen molar-refractivity contribution in [1.29, 1.82) is 0 Å². The minimum Gasteiger partial charge on any atom is -0.394 e. The molecule has 3 N–H and O–H groups in total. The molecule has 0 spiro atoms. The van der Waals surface area contributed by atoms with Crippen LogP contribution in [-0.2, 0) is 5.75 Å². The molecule has 0 aliphatic rings. The van der Waals surface area contributed by atoms with E-state index in [4.69, 9.17) is 4.52 Å². The minimum atomic E-state index is -0.344. The number of fused-ring (bicyclic) bond motifs is 1. The van der Waals surface area contributed by atoms with Crippen LogP contribution in [-0.4, -0.2) is 42.8 Å². The summed E-state index contributed by atoms with van der Waals surface area (Å²) >= 11 is 1.34. The van der Waals surface area contributed by atoms with Gasteiger partial charge in [0, 0.05) is 12.1 Å². The summed E-state index contributed by atoms with van der Waals surface area (Å²) in [7, 11) is 0. The molecule has 120 valence electrons. The van der Waals surface area contributed by atoms with Crippen molar-refractivity contribution in [3.8, 4) is 0 Å². The molecule has 0 saturated heterocycles. The summed E-state index contributed by atoms with van der Waals surface area (Å²) in [5.74, 6) is 1.65. The fraction of sp³-hybridized carbons (Fsp3) is 0.308. The molecular formula is C13H14N6O3S. The predicted octanol–water partition coefficient (Wildman–Crippen LogP) is 0.786. The van der Waals surface area contributed by atoms with Gasteiger partial charge in [0.2, 0.25) is 0 Å². The van der Waals surface area contributed by atoms with Crippen molar-refractivity contribution in [1.82, 2.24) is 25.1 Å². The molecule has 23 heavy (non-hydrogen) atoms. The van der Waals surface area contributed by atoms with Crippen molar-refractivity contribution >= 4 is 28.7 Å². The van der Waals surface area contributed by atoms with E-state index in [1.807, 2.05) is 0 Å². The van der Waals surface area contributed by atoms with Crippen molar-refractivity contribution in [3.63, 3.8) is 0 Å². The van der Waals surface area contributed by atoms with Gasteiger partial charge in [-0.2, -0.15) is 0 Å². The zero-order chi connectivity index (χ0) is 16.2. The summed E-state index contributed by atoms with van der Waals surface area (Å²) in [6.45, 7) is 1.75. The maximum absolute atomic E-state index is 11.5. The van der Waals surface area contributed by atoms with Crippen LogP contribution in [0.1, 0.15) is 12.7 Å². The molecule has 3 aromatic heterocycles. The van der Waals surface area contributed by atoms with Crippen LogP contribution in [0.3, 0.4) is 0 Å². The number of aromatic amines is 1. The number of rotatable bonds is 6. The van der Waals surface area contributed by atoms with Crippen LogP contribution in [0.4, 0.5) is 5.82 Å². The van der Waals surface area contributed by atoms with Crippen LogP contribution in [0.2, 0.25) is 0 Å². The zero-order valence-corrected chi connectivity index (χ0v) is 13.0. The number of hydrogen-bond donors (Lipinski definition) is 3. The number of anilines is 1. The van der Waals surface area contributed by atoms with Crippen LogP contribution in [0.15, 0.2) is 32.9 Å². The molecule has 0 aliphatic carbocycles. The average molecular weight is 334 g/mol. The Kier molecular flexibility index (Phi) is 4.53. The van der Waals surface area contributed by atoms with E-state index in [1.165, 1.54) is 18.0 Å². The van der Waals surface area contributed by atoms with E-state index >= 15 is 0 Å². The molecule has 1 atom stereocenters. The number of hydrogen-bond acceptors (Lipinski definition) is 9. The summed E-state index contributed by atoms with van der Waals surface area (Å²) in [5.41, 5.74) is 0.428. The Labute approximate surface area is 134 Å². The Morgan fingerprint density at radius 1 is 1.48 bits per heavy atom. The number of thioether (sulfide) groups is 1. The highest BCUT2D eigenvalue weighted by Crippen LogP contribution is 2.24. The normalized spacial score (nSPS) is 12.4. The number of aromatic nitrogens is 5. The lowest BCUT2D eigenvalue weighted by molar-refractivity contribution is 0.281. The third-order valence-corrected chi connectivity index (χ3v) is 3.78. The highest BCUT2D eigenvalue weighted by atomic mass is 32.2. The van der Waals surface area contributed by atoms with Gasteiger partial charge in [-0.25, -0.2) is 15.0 Å². The van der Waals surface area contributed by atoms with Crippen molar-refractivity contribution < 1.29 is 9.63 Å². The molecule has 3 aromatic rings. The SMILES string of the molecule is C[C@H](CO)Nc1nc(SCc2ccno2)nc2[nH]c(=O)cnc12. The lowest BCUT2D eigenvalue weighted by Crippen LogP contribution is -2.21. The van der Waals surface area contributed by atoms with Gasteiger partial charge in [-0.15, -0.1) is 0 Å². The van der Waals surface area contributed by atoms with Gasteiger partial charge in [0.15, 0.2) is 16.6 Å². The third kappa shape index (κ3) is 3.66. The first kappa shape index (κ1) is 15.4. The molecule has 9 nitrogen and oxygen atoms in total. The molecule has 0 saturated carbocycles. The zero-order valence-electron chi connectivity index (χ0n) is 12.2. The standard InChI is InChI=1S/C13H14N6O3S/c1-7(5-20)16-11-10-12(17-9(21)4-14-10)19-13(18-11)23-6-8-2-3-15-22-8/h2-4,7,20H,5-6H2,1H3,(H2,16,17,18,19,21)/t7-/m1/s1. The van der Waals surface area contributed by atoms with Gasteiger partial charge >= 0.3 is 0 Å². The Hall–Kier alpha value is -2.46. The molecule has 0 radical (unpaired) electrons. The number of nitrogens with zero attached hydrogens (tertiary/aromatic N) is 4. The first-order chi connectivity index (χ1) is 11.2. The summed E-state index contributed by atoms with van der Waals surface area (Å²) in [6.07, 6.45) is 2.73. The van der Waals surface area contributed by atoms with E-state index in [0.29, 0.717) is 33.7 Å². The first-order valence-corrected chi connectivity index (χ1v) is 7.81. The van der Waals surface area contributed by atoms with E-state index in [1.54, 1.807) is 19.2 Å². The van der Waals surface area contributed by atoms with Gasteiger partial charge in [0.1, 0.15) is 11.3 Å². The predicted molar refractivity (Wildman–Crippen MR) is 84.2 cm³/mol. The minimum absolute atomic E-state index is 0.0601. The second kappa shape index (κ2) is 6.75. The van der Waals surface area contributed by atoms with E-state index in [9.17, 15) is 9.90 Å². The second-order valence-electron chi connectivity index (χ2n) is 4.79. The maximum Gasteiger partial charge on any atom is 0.268 e. The van der Waals surface area contributed by atoms with Crippen LogP contribution >= 0.6 is 11.8 Å². The molecule has 3 heterocycles. The molecule has 0 unspecified atom stereocenters. The van der Waals surface area contributed by atoms with E-state index in [2.05, 4.69) is 30.4 Å². The highest BCUT2D eigenvalue weighted by Gasteiger charge is 2.13. The van der Waals surface area contributed by atoms with Crippen LogP contribution in [0.5, 0.6) is 0 Å². The van der Waals surface area contributed by atoms with E-state index in [0.717, 1.165) is 0 Å². The number of nitrogens with one attached hydrogen (secondary N) is 2. The van der Waals surface area contributed by atoms with Crippen molar-refractivity contribution in [2.75, 3.05) is 11.9 Å². The topological polar surface area (TPSA) is 130 Å². The molecule has 10 heteroatoms. The Morgan fingerprint density at radius 3 is 3.09 bits per heavy atom. The molecule has 0 aliphatic heterocycles. The van der Waals surface area contributed by atoms with Gasteiger partial charge in [0.05, 0.1) is 24.8 Å². The summed E-state index contributed by atoms with van der Waals surface area (Å²) in [6, 6.07) is 1.54. The molecular weight excluding hydrogens is 320 g/mol. The Balaban J connectivity index is 1.95. The van der Waals surface area contributed by atoms with Crippen LogP contribution in [0.25, 0.3) is 11.2 Å². The maximum atomic E-state index is 11.5. The van der Waals surface area contributed by atoms with Crippen molar-refractivity contribution in [2.24, 2.45) is 0 Å². The number of aliphatic hydroxyl groups is 1. The van der Waals surface area contributed by atoms with Crippen LogP contribution < -0.4 is 10.9 Å². The van der Waals surface area contributed by atoms with E-state index in [-0.39, 0.29) is 18.2 Å². The number of aliphatic hydroxyl groups excluding tert-OH is 1. The average Bonchev–Trinajstić information content (AvgIpc) is 3.05. The molecule has 0 aromatic carbocycles. The smallest absolute Gasteiger partial charge is 0.268 e. The van der Waals surface area contributed by atoms with Gasteiger partial charge in [-0.1, -0.05) is 16.9 Å². The fourth-order valence-electron chi connectivity index (χ4n) is 1.81. The van der Waals surface area contributed by atoms with Crippen molar-refractivity contribution in [2.45, 2.75) is 23.9 Å². The fourth-order valence-corrected chi connectivity index (χ4v) is 2.54. The van der Waals surface area contributed by atoms with Gasteiger partial charge < -0.3 is 19.9 Å². The molecule has 3 rings (SSSR count). The van der Waals surface area contributed by atoms with Crippen LogP contribution in [0, 0.1) is 0 Å². The van der Waals surface area contributed by atoms with Crippen molar-refractivity contribution in [3.05, 3.63) is 34.6 Å². The summed E-state index contributed by atoms with van der Waals surface area (Å²) in [5, 5.41) is 16.3. The molecule has 0 fully saturated rings. The Bertz CT molecular complexity index is 851. The lowest BCUT2D eigenvalue weighted by Gasteiger charge is -2.13.